The van der Waals surface area contributed by atoms with Crippen molar-refractivity contribution in [3.63, 3.8) is 0 Å². The Hall–Kier alpha value is -1.42. The summed E-state index contributed by atoms with van der Waals surface area (Å²) in [7, 11) is 0. The quantitative estimate of drug-likeness (QED) is 0.890. The minimum Gasteiger partial charge on any atom is -0.396 e. The van der Waals surface area contributed by atoms with Crippen LogP contribution in [0.4, 0.5) is 4.39 Å². The second kappa shape index (κ2) is 6.35. The summed E-state index contributed by atoms with van der Waals surface area (Å²) >= 11 is 0. The molecule has 0 saturated heterocycles. The lowest BCUT2D eigenvalue weighted by atomic mass is 9.74. The van der Waals surface area contributed by atoms with Gasteiger partial charge in [0.25, 0.3) is 5.91 Å². The topological polar surface area (TPSA) is 49.3 Å². The number of amides is 1. The Morgan fingerprint density at radius 3 is 2.60 bits per heavy atom. The lowest BCUT2D eigenvalue weighted by Gasteiger charge is -2.35. The molecule has 1 aliphatic rings. The van der Waals surface area contributed by atoms with Crippen molar-refractivity contribution in [2.24, 2.45) is 5.41 Å². The summed E-state index contributed by atoms with van der Waals surface area (Å²) in [5.41, 5.74) is 0.868. The Bertz CT molecular complexity index is 461. The molecule has 2 N–H and O–H groups in total. The van der Waals surface area contributed by atoms with Gasteiger partial charge in [-0.15, -0.1) is 0 Å². The van der Waals surface area contributed by atoms with Crippen molar-refractivity contribution in [3.8, 4) is 0 Å². The van der Waals surface area contributed by atoms with E-state index in [0.717, 1.165) is 31.2 Å². The maximum Gasteiger partial charge on any atom is 0.251 e. The minimum absolute atomic E-state index is 0.0927. The van der Waals surface area contributed by atoms with E-state index in [-0.39, 0.29) is 17.9 Å². The van der Waals surface area contributed by atoms with E-state index in [2.05, 4.69) is 5.32 Å². The van der Waals surface area contributed by atoms with Gasteiger partial charge < -0.3 is 10.4 Å². The molecule has 3 nitrogen and oxygen atoms in total. The molecular formula is C16H22FNO2. The molecule has 1 aromatic carbocycles. The summed E-state index contributed by atoms with van der Waals surface area (Å²) < 4.78 is 13.3. The molecule has 1 saturated carbocycles. The van der Waals surface area contributed by atoms with Crippen molar-refractivity contribution in [1.82, 2.24) is 5.32 Å². The van der Waals surface area contributed by atoms with Crippen LogP contribution in [0.25, 0.3) is 0 Å². The highest BCUT2D eigenvalue weighted by Gasteiger charge is 2.31. The maximum absolute atomic E-state index is 13.3. The average Bonchev–Trinajstić information content (AvgIpc) is 2.45. The first-order chi connectivity index (χ1) is 9.54. The smallest absolute Gasteiger partial charge is 0.251 e. The van der Waals surface area contributed by atoms with E-state index >= 15 is 0 Å². The van der Waals surface area contributed by atoms with Gasteiger partial charge in [-0.3, -0.25) is 4.79 Å². The molecule has 20 heavy (non-hydrogen) atoms. The molecule has 1 aliphatic carbocycles. The van der Waals surface area contributed by atoms with Crippen molar-refractivity contribution < 1.29 is 14.3 Å². The molecule has 0 atom stereocenters. The third-order valence-corrected chi connectivity index (χ3v) is 4.18. The molecule has 0 aliphatic heterocycles. The van der Waals surface area contributed by atoms with Crippen LogP contribution in [0.1, 0.15) is 48.0 Å². The molecule has 0 heterocycles. The highest BCUT2D eigenvalue weighted by Crippen LogP contribution is 2.35. The van der Waals surface area contributed by atoms with E-state index in [9.17, 15) is 14.3 Å². The van der Waals surface area contributed by atoms with E-state index < -0.39 is 5.82 Å². The largest absolute Gasteiger partial charge is 0.396 e. The van der Waals surface area contributed by atoms with E-state index in [0.29, 0.717) is 12.1 Å². The molecule has 1 amide bonds. The van der Waals surface area contributed by atoms with Crippen molar-refractivity contribution in [2.75, 3.05) is 13.2 Å². The third-order valence-electron chi connectivity index (χ3n) is 4.18. The van der Waals surface area contributed by atoms with Crippen LogP contribution in [0.15, 0.2) is 18.2 Å². The van der Waals surface area contributed by atoms with E-state index in [1.54, 1.807) is 13.0 Å². The average molecular weight is 279 g/mol. The van der Waals surface area contributed by atoms with Crippen LogP contribution >= 0.6 is 0 Å². The van der Waals surface area contributed by atoms with Crippen LogP contribution in [-0.4, -0.2) is 24.2 Å². The van der Waals surface area contributed by atoms with Crippen molar-refractivity contribution in [1.29, 1.82) is 0 Å². The fourth-order valence-corrected chi connectivity index (χ4v) is 2.93. The molecule has 0 aromatic heterocycles. The summed E-state index contributed by atoms with van der Waals surface area (Å²) in [6.07, 6.45) is 5.25. The molecular weight excluding hydrogens is 257 g/mol. The van der Waals surface area contributed by atoms with E-state index in [4.69, 9.17) is 0 Å². The first-order valence-corrected chi connectivity index (χ1v) is 7.21. The zero-order valence-corrected chi connectivity index (χ0v) is 11.9. The summed E-state index contributed by atoms with van der Waals surface area (Å²) in [4.78, 5) is 12.1. The number of nitrogens with one attached hydrogen (secondary N) is 1. The van der Waals surface area contributed by atoms with Crippen LogP contribution in [0, 0.1) is 18.2 Å². The van der Waals surface area contributed by atoms with Gasteiger partial charge in [0.05, 0.1) is 6.61 Å². The minimum atomic E-state index is -0.398. The molecule has 4 heteroatoms. The number of rotatable bonds is 4. The monoisotopic (exact) mass is 279 g/mol. The first kappa shape index (κ1) is 15.0. The number of aliphatic hydroxyl groups excluding tert-OH is 1. The summed E-state index contributed by atoms with van der Waals surface area (Å²) in [5, 5.41) is 12.5. The molecule has 0 bridgehead atoms. The third kappa shape index (κ3) is 3.57. The summed E-state index contributed by atoms with van der Waals surface area (Å²) in [5.74, 6) is -0.671. The van der Waals surface area contributed by atoms with Gasteiger partial charge in [-0.2, -0.15) is 0 Å². The molecule has 1 fully saturated rings. The van der Waals surface area contributed by atoms with Crippen molar-refractivity contribution in [2.45, 2.75) is 39.0 Å². The Morgan fingerprint density at radius 2 is 2.00 bits per heavy atom. The second-order valence-electron chi connectivity index (χ2n) is 5.92. The van der Waals surface area contributed by atoms with E-state index in [1.807, 2.05) is 0 Å². The van der Waals surface area contributed by atoms with Gasteiger partial charge in [0.2, 0.25) is 0 Å². The zero-order chi connectivity index (χ0) is 14.6. The molecule has 1 aromatic rings. The van der Waals surface area contributed by atoms with Crippen molar-refractivity contribution in [3.05, 3.63) is 35.1 Å². The fraction of sp³-hybridized carbons (Fsp3) is 0.562. The number of carbonyl (C=O) groups is 1. The lowest BCUT2D eigenvalue weighted by Crippen LogP contribution is -2.41. The predicted octanol–water partition coefficient (Wildman–Crippen LogP) is 2.81. The zero-order valence-electron chi connectivity index (χ0n) is 11.9. The molecule has 2 rings (SSSR count). The number of halogens is 1. The van der Waals surface area contributed by atoms with Crippen LogP contribution in [-0.2, 0) is 0 Å². The van der Waals surface area contributed by atoms with Gasteiger partial charge in [0.15, 0.2) is 0 Å². The van der Waals surface area contributed by atoms with Gasteiger partial charge in [-0.1, -0.05) is 19.3 Å². The van der Waals surface area contributed by atoms with Crippen LogP contribution < -0.4 is 5.32 Å². The number of aliphatic hydroxyl groups is 1. The summed E-state index contributed by atoms with van der Waals surface area (Å²) in [6.45, 7) is 2.31. The van der Waals surface area contributed by atoms with E-state index in [1.165, 1.54) is 18.6 Å². The Balaban J connectivity index is 2.00. The van der Waals surface area contributed by atoms with Crippen LogP contribution in [0.2, 0.25) is 0 Å². The Labute approximate surface area is 119 Å². The normalized spacial score (nSPS) is 17.8. The SMILES string of the molecule is Cc1cc(F)cc(C(=O)NCC2(CO)CCCCC2)c1. The fourth-order valence-electron chi connectivity index (χ4n) is 2.93. The lowest BCUT2D eigenvalue weighted by molar-refractivity contribution is 0.0718. The predicted molar refractivity (Wildman–Crippen MR) is 76.1 cm³/mol. The Kier molecular flexibility index (Phi) is 4.76. The van der Waals surface area contributed by atoms with Crippen LogP contribution in [0.5, 0.6) is 0 Å². The molecule has 110 valence electrons. The highest BCUT2D eigenvalue weighted by atomic mass is 19.1. The molecule has 0 radical (unpaired) electrons. The summed E-state index contributed by atoms with van der Waals surface area (Å²) in [6, 6.07) is 4.31. The number of benzene rings is 1. The highest BCUT2D eigenvalue weighted by molar-refractivity contribution is 5.94. The number of carbonyl (C=O) groups excluding carboxylic acids is 1. The second-order valence-corrected chi connectivity index (χ2v) is 5.92. The standard InChI is InChI=1S/C16H22FNO2/c1-12-7-13(9-14(17)8-12)15(20)18-10-16(11-19)5-3-2-4-6-16/h7-9,19H,2-6,10-11H2,1H3,(H,18,20). The number of hydrogen-bond donors (Lipinski definition) is 2. The van der Waals surface area contributed by atoms with Gasteiger partial charge in [0, 0.05) is 17.5 Å². The first-order valence-electron chi connectivity index (χ1n) is 7.21. The molecule has 0 spiro atoms. The van der Waals surface area contributed by atoms with Crippen LogP contribution in [0.3, 0.4) is 0 Å². The van der Waals surface area contributed by atoms with Crippen molar-refractivity contribution >= 4 is 5.91 Å². The Morgan fingerprint density at radius 1 is 1.30 bits per heavy atom. The van der Waals surface area contributed by atoms with Gasteiger partial charge >= 0.3 is 0 Å². The number of aryl methyl sites for hydroxylation is 1. The number of hydrogen-bond acceptors (Lipinski definition) is 2. The maximum atomic E-state index is 13.3. The van der Waals surface area contributed by atoms with Gasteiger partial charge in [-0.05, 0) is 43.5 Å². The van der Waals surface area contributed by atoms with Gasteiger partial charge in [-0.25, -0.2) is 4.39 Å². The van der Waals surface area contributed by atoms with Gasteiger partial charge in [0.1, 0.15) is 5.82 Å². The molecule has 0 unspecified atom stereocenters.